The van der Waals surface area contributed by atoms with Crippen LogP contribution in [0.5, 0.6) is 0 Å². The molecule has 0 aliphatic heterocycles. The van der Waals surface area contributed by atoms with Gasteiger partial charge in [-0.2, -0.15) is 0 Å². The lowest BCUT2D eigenvalue weighted by Gasteiger charge is -2.11. The molecule has 15 heavy (non-hydrogen) atoms. The number of sulfonamides is 1. The van der Waals surface area contributed by atoms with Crippen LogP contribution in [0.25, 0.3) is 0 Å². The van der Waals surface area contributed by atoms with Crippen LogP contribution in [0.3, 0.4) is 0 Å². The van der Waals surface area contributed by atoms with E-state index in [4.69, 9.17) is 0 Å². The van der Waals surface area contributed by atoms with E-state index in [0.717, 1.165) is 5.56 Å². The van der Waals surface area contributed by atoms with Crippen molar-refractivity contribution in [3.63, 3.8) is 0 Å². The number of hydrogen-bond donors (Lipinski definition) is 1. The molecule has 0 aromatic heterocycles. The first-order chi connectivity index (χ1) is 7.06. The zero-order valence-corrected chi connectivity index (χ0v) is 9.92. The van der Waals surface area contributed by atoms with Gasteiger partial charge in [-0.1, -0.05) is 37.3 Å². The van der Waals surface area contributed by atoms with Crippen LogP contribution in [-0.2, 0) is 16.6 Å². The predicted molar refractivity (Wildman–Crippen MR) is 62.0 cm³/mol. The van der Waals surface area contributed by atoms with Gasteiger partial charge in [0.2, 0.25) is 10.0 Å². The Hall–Kier alpha value is -0.870. The number of rotatable bonds is 5. The molecule has 0 amide bonds. The van der Waals surface area contributed by atoms with E-state index < -0.39 is 10.0 Å². The van der Waals surface area contributed by atoms with Gasteiger partial charge in [-0.05, 0) is 18.9 Å². The van der Waals surface area contributed by atoms with Crippen molar-refractivity contribution >= 4 is 10.0 Å². The van der Waals surface area contributed by atoms with Crippen LogP contribution in [0.2, 0.25) is 0 Å². The molecule has 0 aliphatic carbocycles. The highest BCUT2D eigenvalue weighted by molar-refractivity contribution is 7.90. The summed E-state index contributed by atoms with van der Waals surface area (Å²) in [6.07, 6.45) is 0.629. The van der Waals surface area contributed by atoms with E-state index in [1.807, 2.05) is 37.3 Å². The second-order valence-corrected chi connectivity index (χ2v) is 5.75. The van der Waals surface area contributed by atoms with Gasteiger partial charge >= 0.3 is 0 Å². The van der Waals surface area contributed by atoms with Crippen molar-refractivity contribution in [3.8, 4) is 0 Å². The molecule has 0 saturated heterocycles. The summed E-state index contributed by atoms with van der Waals surface area (Å²) in [6, 6.07) is 9.50. The van der Waals surface area contributed by atoms with E-state index in [2.05, 4.69) is 4.72 Å². The van der Waals surface area contributed by atoms with Crippen molar-refractivity contribution in [2.45, 2.75) is 32.1 Å². The molecule has 1 atom stereocenters. The molecule has 0 radical (unpaired) electrons. The molecule has 1 aromatic carbocycles. The summed E-state index contributed by atoms with van der Waals surface area (Å²) in [7, 11) is -3.16. The third kappa shape index (κ3) is 3.64. The zero-order valence-electron chi connectivity index (χ0n) is 9.10. The van der Waals surface area contributed by atoms with E-state index in [1.54, 1.807) is 6.92 Å². The summed E-state index contributed by atoms with van der Waals surface area (Å²) in [6.45, 7) is 3.95. The normalized spacial score (nSPS) is 13.7. The lowest BCUT2D eigenvalue weighted by atomic mass is 10.2. The Balaban J connectivity index is 2.58. The van der Waals surface area contributed by atoms with Crippen LogP contribution in [0, 0.1) is 0 Å². The third-order valence-electron chi connectivity index (χ3n) is 2.42. The van der Waals surface area contributed by atoms with E-state index in [-0.39, 0.29) is 5.25 Å². The summed E-state index contributed by atoms with van der Waals surface area (Å²) in [5.74, 6) is 0. The maximum Gasteiger partial charge on any atom is 0.214 e. The van der Waals surface area contributed by atoms with E-state index in [0.29, 0.717) is 13.0 Å². The first-order valence-electron chi connectivity index (χ1n) is 5.08. The van der Waals surface area contributed by atoms with E-state index in [1.165, 1.54) is 0 Å². The van der Waals surface area contributed by atoms with Crippen LogP contribution in [0.4, 0.5) is 0 Å². The van der Waals surface area contributed by atoms with Crippen LogP contribution in [0.15, 0.2) is 30.3 Å². The minimum absolute atomic E-state index is 0.332. The Morgan fingerprint density at radius 1 is 1.27 bits per heavy atom. The molecule has 1 N–H and O–H groups in total. The highest BCUT2D eigenvalue weighted by atomic mass is 32.2. The maximum atomic E-state index is 11.6. The number of benzene rings is 1. The fourth-order valence-corrected chi connectivity index (χ4v) is 2.23. The topological polar surface area (TPSA) is 46.2 Å². The highest BCUT2D eigenvalue weighted by Crippen LogP contribution is 2.04. The minimum atomic E-state index is -3.16. The SMILES string of the molecule is CC[C@H](C)S(=O)(=O)NCc1ccccc1. The van der Waals surface area contributed by atoms with Crippen molar-refractivity contribution in [3.05, 3.63) is 35.9 Å². The Bertz CT molecular complexity index is 386. The van der Waals surface area contributed by atoms with Crippen molar-refractivity contribution in [2.24, 2.45) is 0 Å². The molecule has 0 saturated carbocycles. The standard InChI is InChI=1S/C11H17NO2S/c1-3-10(2)15(13,14)12-9-11-7-5-4-6-8-11/h4-8,10,12H,3,9H2,1-2H3/t10-/m0/s1. The van der Waals surface area contributed by atoms with Gasteiger partial charge in [0, 0.05) is 6.54 Å². The molecule has 0 heterocycles. The van der Waals surface area contributed by atoms with Crippen molar-refractivity contribution in [2.75, 3.05) is 0 Å². The van der Waals surface area contributed by atoms with Gasteiger partial charge in [0.05, 0.1) is 5.25 Å². The van der Waals surface area contributed by atoms with Gasteiger partial charge in [-0.25, -0.2) is 13.1 Å². The van der Waals surface area contributed by atoms with Crippen LogP contribution in [0.1, 0.15) is 25.8 Å². The Kier molecular flexibility index (Phi) is 4.29. The molecule has 1 aromatic rings. The van der Waals surface area contributed by atoms with Gasteiger partial charge in [-0.3, -0.25) is 0 Å². The van der Waals surface area contributed by atoms with E-state index >= 15 is 0 Å². The molecule has 0 fully saturated rings. The molecule has 0 spiro atoms. The highest BCUT2D eigenvalue weighted by Gasteiger charge is 2.17. The average Bonchev–Trinajstić information content (AvgIpc) is 2.27. The van der Waals surface area contributed by atoms with Gasteiger partial charge < -0.3 is 0 Å². The first kappa shape index (κ1) is 12.2. The Labute approximate surface area is 91.6 Å². The summed E-state index contributed by atoms with van der Waals surface area (Å²) < 4.78 is 25.8. The maximum absolute atomic E-state index is 11.6. The molecular formula is C11H17NO2S. The van der Waals surface area contributed by atoms with Crippen LogP contribution in [-0.4, -0.2) is 13.7 Å². The van der Waals surface area contributed by atoms with Crippen LogP contribution < -0.4 is 4.72 Å². The lowest BCUT2D eigenvalue weighted by Crippen LogP contribution is -2.31. The first-order valence-corrected chi connectivity index (χ1v) is 6.63. The van der Waals surface area contributed by atoms with Gasteiger partial charge in [-0.15, -0.1) is 0 Å². The average molecular weight is 227 g/mol. The summed E-state index contributed by atoms with van der Waals surface area (Å²) in [5.41, 5.74) is 0.976. The monoisotopic (exact) mass is 227 g/mol. The quantitative estimate of drug-likeness (QED) is 0.835. The number of hydrogen-bond acceptors (Lipinski definition) is 2. The molecule has 84 valence electrons. The van der Waals surface area contributed by atoms with Crippen LogP contribution >= 0.6 is 0 Å². The van der Waals surface area contributed by atoms with Crippen molar-refractivity contribution in [1.82, 2.24) is 4.72 Å². The predicted octanol–water partition coefficient (Wildman–Crippen LogP) is 1.90. The molecule has 0 bridgehead atoms. The van der Waals surface area contributed by atoms with Gasteiger partial charge in [0.1, 0.15) is 0 Å². The fraction of sp³-hybridized carbons (Fsp3) is 0.455. The van der Waals surface area contributed by atoms with Crippen molar-refractivity contribution in [1.29, 1.82) is 0 Å². The molecule has 4 heteroatoms. The number of nitrogens with one attached hydrogen (secondary N) is 1. The largest absolute Gasteiger partial charge is 0.214 e. The summed E-state index contributed by atoms with van der Waals surface area (Å²) >= 11 is 0. The summed E-state index contributed by atoms with van der Waals surface area (Å²) in [4.78, 5) is 0. The Morgan fingerprint density at radius 3 is 2.40 bits per heavy atom. The summed E-state index contributed by atoms with van der Waals surface area (Å²) in [5, 5.41) is -0.332. The molecule has 1 rings (SSSR count). The fourth-order valence-electron chi connectivity index (χ4n) is 1.14. The molecule has 0 aliphatic rings. The van der Waals surface area contributed by atoms with Gasteiger partial charge in [0.15, 0.2) is 0 Å². The minimum Gasteiger partial charge on any atom is -0.212 e. The third-order valence-corrected chi connectivity index (χ3v) is 4.36. The lowest BCUT2D eigenvalue weighted by molar-refractivity contribution is 0.565. The molecule has 0 unspecified atom stereocenters. The van der Waals surface area contributed by atoms with E-state index in [9.17, 15) is 8.42 Å². The van der Waals surface area contributed by atoms with Crippen molar-refractivity contribution < 1.29 is 8.42 Å². The van der Waals surface area contributed by atoms with Gasteiger partial charge in [0.25, 0.3) is 0 Å². The second kappa shape index (κ2) is 5.28. The zero-order chi connectivity index (χ0) is 11.3. The Morgan fingerprint density at radius 2 is 1.87 bits per heavy atom. The smallest absolute Gasteiger partial charge is 0.212 e. The molecule has 3 nitrogen and oxygen atoms in total. The second-order valence-electron chi connectivity index (χ2n) is 3.57. The molecular weight excluding hydrogens is 210 g/mol.